The van der Waals surface area contributed by atoms with Gasteiger partial charge in [0.25, 0.3) is 0 Å². The molecular weight excluding hydrogens is 272 g/mol. The van der Waals surface area contributed by atoms with Gasteiger partial charge in [-0.25, -0.2) is 0 Å². The van der Waals surface area contributed by atoms with Crippen LogP contribution in [-0.4, -0.2) is 45.2 Å². The molecule has 2 N–H and O–H groups in total. The number of carboxylic acids is 2. The SMILES string of the molecule is CC(C)(CSCCSCC(C)(C)C(=O)O)C(=O)O. The first-order chi connectivity index (χ1) is 8.09. The molecule has 0 unspecified atom stereocenters. The van der Waals surface area contributed by atoms with E-state index in [2.05, 4.69) is 0 Å². The van der Waals surface area contributed by atoms with Gasteiger partial charge in [0.15, 0.2) is 0 Å². The maximum absolute atomic E-state index is 10.9. The number of hydrogen-bond donors (Lipinski definition) is 2. The number of carboxylic acid groups (broad SMARTS) is 2. The molecule has 106 valence electrons. The van der Waals surface area contributed by atoms with Crippen LogP contribution in [0.5, 0.6) is 0 Å². The summed E-state index contributed by atoms with van der Waals surface area (Å²) in [6, 6.07) is 0. The second-order valence-electron chi connectivity index (χ2n) is 5.48. The van der Waals surface area contributed by atoms with E-state index < -0.39 is 22.8 Å². The van der Waals surface area contributed by atoms with E-state index in [1.54, 1.807) is 51.2 Å². The molecule has 0 aliphatic carbocycles. The Labute approximate surface area is 117 Å². The van der Waals surface area contributed by atoms with Crippen molar-refractivity contribution in [2.75, 3.05) is 23.0 Å². The number of aliphatic carboxylic acids is 2. The van der Waals surface area contributed by atoms with Gasteiger partial charge in [0.1, 0.15) is 0 Å². The minimum atomic E-state index is -0.783. The van der Waals surface area contributed by atoms with E-state index in [9.17, 15) is 9.59 Å². The Hall–Kier alpha value is -0.360. The zero-order valence-corrected chi connectivity index (χ0v) is 13.0. The highest BCUT2D eigenvalue weighted by Crippen LogP contribution is 2.25. The van der Waals surface area contributed by atoms with Crippen LogP contribution >= 0.6 is 23.5 Å². The fourth-order valence-electron chi connectivity index (χ4n) is 0.896. The smallest absolute Gasteiger partial charge is 0.309 e. The lowest BCUT2D eigenvalue weighted by Crippen LogP contribution is -2.27. The van der Waals surface area contributed by atoms with Gasteiger partial charge in [-0.2, -0.15) is 23.5 Å². The van der Waals surface area contributed by atoms with Gasteiger partial charge >= 0.3 is 11.9 Å². The molecule has 6 heteroatoms. The van der Waals surface area contributed by atoms with Crippen molar-refractivity contribution in [1.82, 2.24) is 0 Å². The molecule has 0 rings (SSSR count). The molecule has 0 saturated carbocycles. The third-order valence-corrected chi connectivity index (χ3v) is 5.55. The van der Waals surface area contributed by atoms with Crippen LogP contribution in [0.4, 0.5) is 0 Å². The molecule has 0 radical (unpaired) electrons. The average molecular weight is 294 g/mol. The Morgan fingerprint density at radius 1 is 0.833 bits per heavy atom. The van der Waals surface area contributed by atoms with E-state index in [4.69, 9.17) is 10.2 Å². The highest BCUT2D eigenvalue weighted by molar-refractivity contribution is 8.02. The van der Waals surface area contributed by atoms with Crippen molar-refractivity contribution in [1.29, 1.82) is 0 Å². The second-order valence-corrected chi connectivity index (χ2v) is 7.69. The molecule has 0 aromatic rings. The lowest BCUT2D eigenvalue weighted by molar-refractivity contribution is -0.146. The molecule has 0 heterocycles. The lowest BCUT2D eigenvalue weighted by atomic mass is 9.97. The zero-order chi connectivity index (χ0) is 14.4. The summed E-state index contributed by atoms with van der Waals surface area (Å²) >= 11 is 3.20. The van der Waals surface area contributed by atoms with Crippen LogP contribution in [0.2, 0.25) is 0 Å². The maximum atomic E-state index is 10.9. The minimum Gasteiger partial charge on any atom is -0.481 e. The predicted molar refractivity (Wildman–Crippen MR) is 77.5 cm³/mol. The molecule has 0 fully saturated rings. The first kappa shape index (κ1) is 17.6. The van der Waals surface area contributed by atoms with Crippen molar-refractivity contribution in [3.05, 3.63) is 0 Å². The van der Waals surface area contributed by atoms with E-state index in [1.165, 1.54) is 0 Å². The van der Waals surface area contributed by atoms with Crippen LogP contribution in [0, 0.1) is 10.8 Å². The van der Waals surface area contributed by atoms with Gasteiger partial charge in [-0.3, -0.25) is 9.59 Å². The van der Waals surface area contributed by atoms with Gasteiger partial charge in [0.05, 0.1) is 10.8 Å². The standard InChI is InChI=1S/C12H22O4S2/c1-11(2,9(13)14)7-17-5-6-18-8-12(3,4)10(15)16/h5-8H2,1-4H3,(H,13,14)(H,15,16). The molecule has 4 nitrogen and oxygen atoms in total. The molecule has 0 atom stereocenters. The Morgan fingerprint density at radius 2 is 1.11 bits per heavy atom. The van der Waals surface area contributed by atoms with Crippen molar-refractivity contribution in [3.63, 3.8) is 0 Å². The molecular formula is C12H22O4S2. The van der Waals surface area contributed by atoms with Crippen LogP contribution in [-0.2, 0) is 9.59 Å². The Bertz CT molecular complexity index is 270. The van der Waals surface area contributed by atoms with Crippen molar-refractivity contribution in [3.8, 4) is 0 Å². The summed E-state index contributed by atoms with van der Waals surface area (Å²) in [5.41, 5.74) is -1.40. The first-order valence-corrected chi connectivity index (χ1v) is 8.03. The van der Waals surface area contributed by atoms with E-state index in [1.807, 2.05) is 0 Å². The van der Waals surface area contributed by atoms with Crippen LogP contribution in [0.15, 0.2) is 0 Å². The number of thioether (sulfide) groups is 2. The van der Waals surface area contributed by atoms with Crippen molar-refractivity contribution in [2.24, 2.45) is 10.8 Å². The third-order valence-electron chi connectivity index (χ3n) is 2.46. The molecule has 0 aromatic carbocycles. The monoisotopic (exact) mass is 294 g/mol. The fourth-order valence-corrected chi connectivity index (χ4v) is 3.40. The number of rotatable bonds is 9. The molecule has 18 heavy (non-hydrogen) atoms. The van der Waals surface area contributed by atoms with Crippen LogP contribution in [0.3, 0.4) is 0 Å². The van der Waals surface area contributed by atoms with E-state index >= 15 is 0 Å². The third kappa shape index (κ3) is 6.54. The van der Waals surface area contributed by atoms with Gasteiger partial charge in [-0.1, -0.05) is 0 Å². The lowest BCUT2D eigenvalue weighted by Gasteiger charge is -2.19. The zero-order valence-electron chi connectivity index (χ0n) is 11.4. The highest BCUT2D eigenvalue weighted by atomic mass is 32.2. The second kappa shape index (κ2) is 7.28. The molecule has 0 aromatic heterocycles. The van der Waals surface area contributed by atoms with Crippen molar-refractivity contribution < 1.29 is 19.8 Å². The van der Waals surface area contributed by atoms with Crippen molar-refractivity contribution in [2.45, 2.75) is 27.7 Å². The maximum Gasteiger partial charge on any atom is 0.309 e. The number of hydrogen-bond acceptors (Lipinski definition) is 4. The summed E-state index contributed by atoms with van der Waals surface area (Å²) < 4.78 is 0. The van der Waals surface area contributed by atoms with Gasteiger partial charge < -0.3 is 10.2 Å². The van der Waals surface area contributed by atoms with Gasteiger partial charge in [-0.15, -0.1) is 0 Å². The van der Waals surface area contributed by atoms with Crippen molar-refractivity contribution >= 4 is 35.5 Å². The summed E-state index contributed by atoms with van der Waals surface area (Å²) in [7, 11) is 0. The van der Waals surface area contributed by atoms with Crippen LogP contribution in [0.1, 0.15) is 27.7 Å². The topological polar surface area (TPSA) is 74.6 Å². The van der Waals surface area contributed by atoms with E-state index in [-0.39, 0.29) is 0 Å². The first-order valence-electron chi connectivity index (χ1n) is 5.72. The molecule has 0 aliphatic heterocycles. The van der Waals surface area contributed by atoms with Gasteiger partial charge in [0, 0.05) is 23.0 Å². The molecule has 0 amide bonds. The number of carbonyl (C=O) groups is 2. The average Bonchev–Trinajstić information content (AvgIpc) is 2.22. The summed E-state index contributed by atoms with van der Waals surface area (Å²) in [5.74, 6) is 1.27. The predicted octanol–water partition coefficient (Wildman–Crippen LogP) is 2.67. The van der Waals surface area contributed by atoms with E-state index in [0.29, 0.717) is 11.5 Å². The summed E-state index contributed by atoms with van der Waals surface area (Å²) in [4.78, 5) is 21.7. The normalized spacial score (nSPS) is 12.4. The summed E-state index contributed by atoms with van der Waals surface area (Å²) in [6.45, 7) is 6.85. The molecule has 0 saturated heterocycles. The molecule has 0 bridgehead atoms. The van der Waals surface area contributed by atoms with Gasteiger partial charge in [0.2, 0.25) is 0 Å². The minimum absolute atomic E-state index is 0.575. The Kier molecular flexibility index (Phi) is 7.14. The largest absolute Gasteiger partial charge is 0.481 e. The fraction of sp³-hybridized carbons (Fsp3) is 0.833. The van der Waals surface area contributed by atoms with E-state index in [0.717, 1.165) is 11.5 Å². The Balaban J connectivity index is 3.71. The molecule has 0 aliphatic rings. The van der Waals surface area contributed by atoms with Crippen LogP contribution in [0.25, 0.3) is 0 Å². The molecule has 0 spiro atoms. The Morgan fingerprint density at radius 3 is 1.33 bits per heavy atom. The van der Waals surface area contributed by atoms with Crippen LogP contribution < -0.4 is 0 Å². The summed E-state index contributed by atoms with van der Waals surface area (Å²) in [6.07, 6.45) is 0. The summed E-state index contributed by atoms with van der Waals surface area (Å²) in [5, 5.41) is 17.9. The highest BCUT2D eigenvalue weighted by Gasteiger charge is 2.28. The van der Waals surface area contributed by atoms with Gasteiger partial charge in [-0.05, 0) is 27.7 Å². The quantitative estimate of drug-likeness (QED) is 0.637.